The highest BCUT2D eigenvalue weighted by Crippen LogP contribution is 2.46. The van der Waals surface area contributed by atoms with E-state index in [2.05, 4.69) is 24.9 Å². The molecule has 31 heavy (non-hydrogen) atoms. The number of carbonyl (C=O) groups is 1. The van der Waals surface area contributed by atoms with Gasteiger partial charge in [0.05, 0.1) is 10.7 Å². The van der Waals surface area contributed by atoms with Gasteiger partial charge in [0, 0.05) is 36.0 Å². The topological polar surface area (TPSA) is 78.3 Å². The van der Waals surface area contributed by atoms with E-state index in [0.29, 0.717) is 22.6 Å². The molecule has 1 amide bonds. The van der Waals surface area contributed by atoms with E-state index in [0.717, 1.165) is 36.9 Å². The van der Waals surface area contributed by atoms with Crippen molar-refractivity contribution in [3.63, 3.8) is 0 Å². The Hall–Kier alpha value is -3.20. The smallest absolute Gasteiger partial charge is 0.395 e. The zero-order valence-corrected chi connectivity index (χ0v) is 17.2. The van der Waals surface area contributed by atoms with Gasteiger partial charge in [-0.1, -0.05) is 11.6 Å². The van der Waals surface area contributed by atoms with Crippen LogP contribution in [0.2, 0.25) is 5.02 Å². The van der Waals surface area contributed by atoms with Crippen LogP contribution in [0, 0.1) is 0 Å². The highest BCUT2D eigenvalue weighted by molar-refractivity contribution is 6.33. The first-order valence-electron chi connectivity index (χ1n) is 9.72. The van der Waals surface area contributed by atoms with Crippen molar-refractivity contribution in [1.29, 1.82) is 0 Å². The number of halogens is 3. The number of amides is 1. The number of carbonyl (C=O) groups excluding carboxylic acids is 1. The molecule has 2 aromatic heterocycles. The summed E-state index contributed by atoms with van der Waals surface area (Å²) in [7, 11) is 1.76. The van der Waals surface area contributed by atoms with Gasteiger partial charge in [-0.05, 0) is 43.9 Å². The Bertz CT molecular complexity index is 1190. The maximum absolute atomic E-state index is 13.3. The third-order valence-corrected chi connectivity index (χ3v) is 5.65. The minimum absolute atomic E-state index is 0.109. The molecule has 3 heterocycles. The number of rotatable bonds is 3. The summed E-state index contributed by atoms with van der Waals surface area (Å²) < 4.78 is 37.1. The number of fused-ring (bicyclic) bond motifs is 2. The Morgan fingerprint density at radius 3 is 2.68 bits per heavy atom. The van der Waals surface area contributed by atoms with Gasteiger partial charge in [0.1, 0.15) is 11.5 Å². The minimum atomic E-state index is -3.72. The van der Waals surface area contributed by atoms with Gasteiger partial charge in [-0.3, -0.25) is 9.48 Å². The minimum Gasteiger partial charge on any atom is -0.395 e. The number of benzene rings is 1. The Balaban J connectivity index is 1.37. The Kier molecular flexibility index (Phi) is 4.58. The zero-order chi connectivity index (χ0) is 21.8. The highest BCUT2D eigenvalue weighted by atomic mass is 35.5. The maximum Gasteiger partial charge on any atom is 0.586 e. The van der Waals surface area contributed by atoms with Gasteiger partial charge < -0.3 is 14.8 Å². The van der Waals surface area contributed by atoms with Crippen molar-refractivity contribution in [3.8, 4) is 22.6 Å². The molecule has 1 N–H and O–H groups in total. The lowest BCUT2D eigenvalue weighted by atomic mass is 9.95. The molecule has 0 fully saturated rings. The molecule has 0 spiro atoms. The molecule has 7 nitrogen and oxygen atoms in total. The van der Waals surface area contributed by atoms with Crippen LogP contribution in [0.1, 0.15) is 34.6 Å². The van der Waals surface area contributed by atoms with E-state index in [4.69, 9.17) is 11.6 Å². The molecule has 3 aromatic rings. The largest absolute Gasteiger partial charge is 0.586 e. The SMILES string of the molecule is Cn1nc2c(c1C(=O)Nc1ccc(-c3cc4c(cc3Cl)OC(F)(F)O4)cn1)CCCC2. The third-order valence-electron chi connectivity index (χ3n) is 5.34. The molecule has 5 rings (SSSR count). The monoisotopic (exact) mass is 446 g/mol. The molecule has 1 aliphatic heterocycles. The number of nitrogens with one attached hydrogen (secondary N) is 1. The Morgan fingerprint density at radius 2 is 1.94 bits per heavy atom. The summed E-state index contributed by atoms with van der Waals surface area (Å²) in [5.74, 6) is -0.164. The van der Waals surface area contributed by atoms with Gasteiger partial charge in [-0.2, -0.15) is 5.10 Å². The van der Waals surface area contributed by atoms with Crippen molar-refractivity contribution in [3.05, 3.63) is 52.4 Å². The van der Waals surface area contributed by atoms with Gasteiger partial charge in [-0.25, -0.2) is 4.98 Å². The number of aromatic nitrogens is 3. The highest BCUT2D eigenvalue weighted by Gasteiger charge is 2.43. The molecular formula is C21H17ClF2N4O3. The number of nitrogens with zero attached hydrogens (tertiary/aromatic N) is 3. The summed E-state index contributed by atoms with van der Waals surface area (Å²) in [6, 6.07) is 5.94. The predicted molar refractivity (Wildman–Crippen MR) is 109 cm³/mol. The van der Waals surface area contributed by atoms with Crippen LogP contribution in [0.3, 0.4) is 0 Å². The van der Waals surface area contributed by atoms with E-state index in [1.807, 2.05) is 0 Å². The van der Waals surface area contributed by atoms with Crippen molar-refractivity contribution in [1.82, 2.24) is 14.8 Å². The first-order chi connectivity index (χ1) is 14.8. The molecule has 160 valence electrons. The zero-order valence-electron chi connectivity index (χ0n) is 16.4. The summed E-state index contributed by atoms with van der Waals surface area (Å²) in [6.45, 7) is 0. The third kappa shape index (κ3) is 3.59. The van der Waals surface area contributed by atoms with Crippen molar-refractivity contribution >= 4 is 23.3 Å². The second kappa shape index (κ2) is 7.19. The number of hydrogen-bond acceptors (Lipinski definition) is 5. The van der Waals surface area contributed by atoms with Gasteiger partial charge in [0.25, 0.3) is 5.91 Å². The molecule has 0 radical (unpaired) electrons. The average Bonchev–Trinajstić information content (AvgIpc) is 3.21. The molecule has 0 saturated carbocycles. The number of hydrogen-bond donors (Lipinski definition) is 1. The van der Waals surface area contributed by atoms with Gasteiger partial charge >= 0.3 is 6.29 Å². The second-order valence-electron chi connectivity index (χ2n) is 7.44. The van der Waals surface area contributed by atoms with E-state index in [1.165, 1.54) is 18.3 Å². The Labute approximate surface area is 180 Å². The van der Waals surface area contributed by atoms with Crippen molar-refractivity contribution in [2.45, 2.75) is 32.0 Å². The van der Waals surface area contributed by atoms with Gasteiger partial charge in [-0.15, -0.1) is 8.78 Å². The van der Waals surface area contributed by atoms with Crippen LogP contribution in [-0.2, 0) is 19.9 Å². The van der Waals surface area contributed by atoms with E-state index >= 15 is 0 Å². The lowest BCUT2D eigenvalue weighted by molar-refractivity contribution is -0.286. The molecule has 0 unspecified atom stereocenters. The number of anilines is 1. The summed E-state index contributed by atoms with van der Waals surface area (Å²) in [5.41, 5.74) is 3.53. The lowest BCUT2D eigenvalue weighted by Gasteiger charge is -2.11. The molecule has 10 heteroatoms. The molecule has 0 atom stereocenters. The Morgan fingerprint density at radius 1 is 1.19 bits per heavy atom. The van der Waals surface area contributed by atoms with E-state index in [1.54, 1.807) is 23.9 Å². The van der Waals surface area contributed by atoms with Crippen molar-refractivity contribution in [2.24, 2.45) is 7.05 Å². The van der Waals surface area contributed by atoms with E-state index in [-0.39, 0.29) is 22.4 Å². The standard InChI is InChI=1S/C21H17ClF2N4O3/c1-28-19(12-4-2-3-5-15(12)27-28)20(29)26-18-7-6-11(10-25-18)13-8-16-17(9-14(13)22)31-21(23,24)30-16/h6-10H,2-5H2,1H3,(H,25,26,29). The summed E-state index contributed by atoms with van der Waals surface area (Å²) >= 11 is 6.22. The average molecular weight is 447 g/mol. The van der Waals surface area contributed by atoms with Crippen LogP contribution >= 0.6 is 11.6 Å². The van der Waals surface area contributed by atoms with E-state index < -0.39 is 6.29 Å². The van der Waals surface area contributed by atoms with Crippen LogP contribution in [0.5, 0.6) is 11.5 Å². The fourth-order valence-corrected chi connectivity index (χ4v) is 4.22. The normalized spacial score (nSPS) is 16.1. The summed E-state index contributed by atoms with van der Waals surface area (Å²) in [4.78, 5) is 17.1. The summed E-state index contributed by atoms with van der Waals surface area (Å²) in [6.07, 6.45) is 1.60. The molecule has 0 saturated heterocycles. The number of alkyl halides is 2. The quantitative estimate of drug-likeness (QED) is 0.636. The maximum atomic E-state index is 13.3. The number of aryl methyl sites for hydroxylation is 2. The fourth-order valence-electron chi connectivity index (χ4n) is 3.96. The first-order valence-corrected chi connectivity index (χ1v) is 10.1. The number of pyridine rings is 1. The molecule has 1 aromatic carbocycles. The van der Waals surface area contributed by atoms with Crippen LogP contribution in [0.4, 0.5) is 14.6 Å². The van der Waals surface area contributed by atoms with Crippen molar-refractivity contribution < 1.29 is 23.0 Å². The first kappa shape index (κ1) is 19.7. The van der Waals surface area contributed by atoms with Crippen LogP contribution in [0.15, 0.2) is 30.5 Å². The van der Waals surface area contributed by atoms with Crippen LogP contribution in [0.25, 0.3) is 11.1 Å². The van der Waals surface area contributed by atoms with Gasteiger partial charge in [0.15, 0.2) is 11.5 Å². The van der Waals surface area contributed by atoms with Gasteiger partial charge in [0.2, 0.25) is 0 Å². The molecular weight excluding hydrogens is 430 g/mol. The van der Waals surface area contributed by atoms with Crippen molar-refractivity contribution in [2.75, 3.05) is 5.32 Å². The number of ether oxygens (including phenoxy) is 2. The predicted octanol–water partition coefficient (Wildman–Crippen LogP) is 4.59. The fraction of sp³-hybridized carbons (Fsp3) is 0.286. The molecule has 1 aliphatic carbocycles. The second-order valence-corrected chi connectivity index (χ2v) is 7.84. The molecule has 2 aliphatic rings. The van der Waals surface area contributed by atoms with Crippen LogP contribution in [-0.4, -0.2) is 27.0 Å². The van der Waals surface area contributed by atoms with E-state index in [9.17, 15) is 13.6 Å². The van der Waals surface area contributed by atoms with Crippen LogP contribution < -0.4 is 14.8 Å². The lowest BCUT2D eigenvalue weighted by Crippen LogP contribution is -2.25. The molecule has 0 bridgehead atoms. The summed E-state index contributed by atoms with van der Waals surface area (Å²) in [5, 5.41) is 7.46.